The lowest BCUT2D eigenvalue weighted by Gasteiger charge is -2.11. The van der Waals surface area contributed by atoms with Crippen LogP contribution in [-0.2, 0) is 12.6 Å². The predicted octanol–water partition coefficient (Wildman–Crippen LogP) is 5.66. The molecule has 8 heteroatoms. The van der Waals surface area contributed by atoms with Crippen LogP contribution in [0.2, 0.25) is 5.02 Å². The highest BCUT2D eigenvalue weighted by Gasteiger charge is 2.34. The molecule has 0 radical (unpaired) electrons. The number of nitrogens with zero attached hydrogens (tertiary/aromatic N) is 1. The average Bonchev–Trinajstić information content (AvgIpc) is 3.01. The molecular formula is C18H12ClF3N2OS. The van der Waals surface area contributed by atoms with Gasteiger partial charge in [0.05, 0.1) is 11.1 Å². The molecule has 0 unspecified atom stereocenters. The first-order valence-electron chi connectivity index (χ1n) is 7.49. The van der Waals surface area contributed by atoms with E-state index in [0.29, 0.717) is 11.4 Å². The van der Waals surface area contributed by atoms with Crippen LogP contribution in [0.15, 0.2) is 54.7 Å². The third-order valence-corrected chi connectivity index (χ3v) is 4.67. The van der Waals surface area contributed by atoms with Crippen LogP contribution in [-0.4, -0.2) is 10.9 Å². The van der Waals surface area contributed by atoms with Gasteiger partial charge in [-0.25, -0.2) is 4.98 Å². The maximum Gasteiger partial charge on any atom is 0.417 e. The molecule has 134 valence electrons. The van der Waals surface area contributed by atoms with Crippen molar-refractivity contribution in [1.29, 1.82) is 0 Å². The van der Waals surface area contributed by atoms with Gasteiger partial charge in [0, 0.05) is 22.5 Å². The van der Waals surface area contributed by atoms with Crippen LogP contribution in [0.5, 0.6) is 0 Å². The summed E-state index contributed by atoms with van der Waals surface area (Å²) in [7, 11) is 0. The van der Waals surface area contributed by atoms with E-state index < -0.39 is 23.2 Å². The van der Waals surface area contributed by atoms with Gasteiger partial charge in [0.25, 0.3) is 5.91 Å². The van der Waals surface area contributed by atoms with E-state index in [1.165, 1.54) is 23.5 Å². The molecule has 0 aliphatic carbocycles. The van der Waals surface area contributed by atoms with Gasteiger partial charge in [-0.05, 0) is 29.8 Å². The fourth-order valence-electron chi connectivity index (χ4n) is 2.39. The molecule has 1 aromatic heterocycles. The van der Waals surface area contributed by atoms with E-state index in [1.807, 2.05) is 18.2 Å². The van der Waals surface area contributed by atoms with Crippen LogP contribution in [0.3, 0.4) is 0 Å². The van der Waals surface area contributed by atoms with Crippen LogP contribution < -0.4 is 5.32 Å². The Morgan fingerprint density at radius 3 is 2.65 bits per heavy atom. The molecule has 0 fully saturated rings. The molecule has 3 nitrogen and oxygen atoms in total. The number of carbonyl (C=O) groups is 1. The van der Waals surface area contributed by atoms with E-state index in [9.17, 15) is 18.0 Å². The first kappa shape index (κ1) is 18.4. The Balaban J connectivity index is 1.75. The molecule has 0 spiro atoms. The van der Waals surface area contributed by atoms with Gasteiger partial charge in [-0.2, -0.15) is 13.2 Å². The molecule has 3 rings (SSSR count). The number of nitrogens with one attached hydrogen (secondary N) is 1. The topological polar surface area (TPSA) is 42.0 Å². The summed E-state index contributed by atoms with van der Waals surface area (Å²) in [6.45, 7) is 0. The van der Waals surface area contributed by atoms with Crippen molar-refractivity contribution in [3.63, 3.8) is 0 Å². The monoisotopic (exact) mass is 396 g/mol. The molecule has 0 aliphatic rings. The largest absolute Gasteiger partial charge is 0.417 e. The molecule has 26 heavy (non-hydrogen) atoms. The van der Waals surface area contributed by atoms with Gasteiger partial charge >= 0.3 is 6.18 Å². The van der Waals surface area contributed by atoms with Crippen molar-refractivity contribution >= 4 is 34.0 Å². The lowest BCUT2D eigenvalue weighted by atomic mass is 10.1. The van der Waals surface area contributed by atoms with Gasteiger partial charge in [-0.3, -0.25) is 10.1 Å². The number of alkyl halides is 3. The highest BCUT2D eigenvalue weighted by atomic mass is 35.5. The van der Waals surface area contributed by atoms with E-state index in [-0.39, 0.29) is 5.13 Å². The smallest absolute Gasteiger partial charge is 0.298 e. The molecule has 1 amide bonds. The van der Waals surface area contributed by atoms with Crippen LogP contribution in [0, 0.1) is 0 Å². The van der Waals surface area contributed by atoms with Crippen molar-refractivity contribution in [2.24, 2.45) is 0 Å². The Kier molecular flexibility index (Phi) is 5.29. The number of carbonyl (C=O) groups excluding carboxylic acids is 1. The van der Waals surface area contributed by atoms with Crippen LogP contribution in [0.25, 0.3) is 0 Å². The molecule has 3 aromatic rings. The summed E-state index contributed by atoms with van der Waals surface area (Å²) in [5.74, 6) is -0.846. The summed E-state index contributed by atoms with van der Waals surface area (Å²) in [6.07, 6.45) is -2.46. The second-order valence-electron chi connectivity index (χ2n) is 5.44. The van der Waals surface area contributed by atoms with E-state index in [1.54, 1.807) is 12.3 Å². The summed E-state index contributed by atoms with van der Waals surface area (Å²) in [5, 5.41) is 3.29. The van der Waals surface area contributed by atoms with Crippen molar-refractivity contribution in [2.75, 3.05) is 5.32 Å². The third-order valence-electron chi connectivity index (χ3n) is 3.52. The molecule has 0 saturated heterocycles. The molecule has 0 bridgehead atoms. The van der Waals surface area contributed by atoms with Crippen LogP contribution in [0.1, 0.15) is 26.4 Å². The van der Waals surface area contributed by atoms with E-state index in [0.717, 1.165) is 22.6 Å². The Hall–Kier alpha value is -2.38. The van der Waals surface area contributed by atoms with Gasteiger partial charge < -0.3 is 0 Å². The lowest BCUT2D eigenvalue weighted by molar-refractivity contribution is -0.137. The summed E-state index contributed by atoms with van der Waals surface area (Å²) in [5.41, 5.74) is -0.443. The SMILES string of the molecule is O=C(Nc1ncc(Cc2cccc(Cl)c2)s1)c1ccccc1C(F)(F)F. The van der Waals surface area contributed by atoms with E-state index >= 15 is 0 Å². The Bertz CT molecular complexity index is 940. The van der Waals surface area contributed by atoms with Gasteiger partial charge in [0.15, 0.2) is 5.13 Å². The van der Waals surface area contributed by atoms with Crippen molar-refractivity contribution in [3.05, 3.63) is 81.3 Å². The molecule has 0 aliphatic heterocycles. The molecule has 1 heterocycles. The lowest BCUT2D eigenvalue weighted by Crippen LogP contribution is -2.18. The number of aromatic nitrogens is 1. The fraction of sp³-hybridized carbons (Fsp3) is 0.111. The Morgan fingerprint density at radius 2 is 1.92 bits per heavy atom. The van der Waals surface area contributed by atoms with Gasteiger partial charge in [0.1, 0.15) is 0 Å². The Morgan fingerprint density at radius 1 is 1.15 bits per heavy atom. The normalized spacial score (nSPS) is 11.4. The molecular weight excluding hydrogens is 385 g/mol. The number of benzene rings is 2. The summed E-state index contributed by atoms with van der Waals surface area (Å²) < 4.78 is 39.1. The standard InChI is InChI=1S/C18H12ClF3N2OS/c19-12-5-3-4-11(8-12)9-13-10-23-17(26-13)24-16(25)14-6-1-2-7-15(14)18(20,21)22/h1-8,10H,9H2,(H,23,24,25). The number of amides is 1. The number of halogens is 4. The van der Waals surface area contributed by atoms with Crippen molar-refractivity contribution < 1.29 is 18.0 Å². The number of anilines is 1. The number of hydrogen-bond donors (Lipinski definition) is 1. The Labute approximate surface area is 156 Å². The number of rotatable bonds is 4. The van der Waals surface area contributed by atoms with Crippen molar-refractivity contribution in [2.45, 2.75) is 12.6 Å². The molecule has 0 atom stereocenters. The summed E-state index contributed by atoms with van der Waals surface area (Å²) in [6, 6.07) is 12.0. The fourth-order valence-corrected chi connectivity index (χ4v) is 3.44. The molecule has 0 saturated carbocycles. The number of thiazole rings is 1. The minimum absolute atomic E-state index is 0.240. The predicted molar refractivity (Wildman–Crippen MR) is 95.8 cm³/mol. The minimum atomic E-state index is -4.60. The van der Waals surface area contributed by atoms with E-state index in [2.05, 4.69) is 10.3 Å². The summed E-state index contributed by atoms with van der Waals surface area (Å²) in [4.78, 5) is 17.1. The summed E-state index contributed by atoms with van der Waals surface area (Å²) >= 11 is 7.15. The first-order valence-corrected chi connectivity index (χ1v) is 8.69. The molecule has 1 N–H and O–H groups in total. The zero-order valence-corrected chi connectivity index (χ0v) is 14.8. The van der Waals surface area contributed by atoms with E-state index in [4.69, 9.17) is 11.6 Å². The van der Waals surface area contributed by atoms with Crippen molar-refractivity contribution in [3.8, 4) is 0 Å². The first-order chi connectivity index (χ1) is 12.3. The minimum Gasteiger partial charge on any atom is -0.298 e. The van der Waals surface area contributed by atoms with Crippen LogP contribution >= 0.6 is 22.9 Å². The number of hydrogen-bond acceptors (Lipinski definition) is 3. The zero-order chi connectivity index (χ0) is 18.7. The van der Waals surface area contributed by atoms with Crippen LogP contribution in [0.4, 0.5) is 18.3 Å². The second-order valence-corrected chi connectivity index (χ2v) is 6.99. The molecule has 2 aromatic carbocycles. The third kappa shape index (κ3) is 4.42. The average molecular weight is 397 g/mol. The highest BCUT2D eigenvalue weighted by molar-refractivity contribution is 7.15. The van der Waals surface area contributed by atoms with Crippen molar-refractivity contribution in [1.82, 2.24) is 4.98 Å². The highest BCUT2D eigenvalue weighted by Crippen LogP contribution is 2.32. The van der Waals surface area contributed by atoms with Gasteiger partial charge in [-0.15, -0.1) is 11.3 Å². The van der Waals surface area contributed by atoms with Gasteiger partial charge in [-0.1, -0.05) is 35.9 Å². The zero-order valence-electron chi connectivity index (χ0n) is 13.2. The maximum absolute atomic E-state index is 13.0. The maximum atomic E-state index is 13.0. The quantitative estimate of drug-likeness (QED) is 0.618. The van der Waals surface area contributed by atoms with Gasteiger partial charge in [0.2, 0.25) is 0 Å². The second kappa shape index (κ2) is 7.47.